The van der Waals surface area contributed by atoms with E-state index in [0.29, 0.717) is 18.4 Å². The lowest BCUT2D eigenvalue weighted by atomic mass is 10.0. The zero-order chi connectivity index (χ0) is 14.8. The van der Waals surface area contributed by atoms with Crippen molar-refractivity contribution in [3.8, 4) is 0 Å². The van der Waals surface area contributed by atoms with Crippen LogP contribution in [-0.2, 0) is 11.2 Å². The molecule has 0 saturated heterocycles. The SMILES string of the molecule is CCC(Cc1ccccc1)NCCC(=O)NCC(C)C. The van der Waals surface area contributed by atoms with Crippen molar-refractivity contribution in [1.82, 2.24) is 10.6 Å². The number of hydrogen-bond acceptors (Lipinski definition) is 2. The lowest BCUT2D eigenvalue weighted by molar-refractivity contribution is -0.121. The maximum Gasteiger partial charge on any atom is 0.221 e. The second-order valence-electron chi connectivity index (χ2n) is 5.70. The lowest BCUT2D eigenvalue weighted by Gasteiger charge is -2.17. The highest BCUT2D eigenvalue weighted by Crippen LogP contribution is 2.05. The van der Waals surface area contributed by atoms with E-state index in [1.54, 1.807) is 0 Å². The number of carbonyl (C=O) groups excluding carboxylic acids is 1. The second kappa shape index (κ2) is 9.54. The molecule has 0 aliphatic carbocycles. The summed E-state index contributed by atoms with van der Waals surface area (Å²) in [6.45, 7) is 7.89. The molecule has 2 N–H and O–H groups in total. The fourth-order valence-electron chi connectivity index (χ4n) is 2.06. The fourth-order valence-corrected chi connectivity index (χ4v) is 2.06. The van der Waals surface area contributed by atoms with E-state index in [2.05, 4.69) is 55.7 Å². The monoisotopic (exact) mass is 276 g/mol. The highest BCUT2D eigenvalue weighted by atomic mass is 16.1. The van der Waals surface area contributed by atoms with Gasteiger partial charge in [-0.1, -0.05) is 51.1 Å². The minimum absolute atomic E-state index is 0.140. The molecule has 1 unspecified atom stereocenters. The normalized spacial score (nSPS) is 12.4. The standard InChI is InChI=1S/C17H28N2O/c1-4-16(12-15-8-6-5-7-9-15)18-11-10-17(20)19-13-14(2)3/h5-9,14,16,18H,4,10-13H2,1-3H3,(H,19,20). The van der Waals surface area contributed by atoms with E-state index in [1.165, 1.54) is 5.56 Å². The quantitative estimate of drug-likeness (QED) is 0.728. The van der Waals surface area contributed by atoms with Crippen molar-refractivity contribution in [2.75, 3.05) is 13.1 Å². The Morgan fingerprint density at radius 1 is 1.20 bits per heavy atom. The van der Waals surface area contributed by atoms with Crippen LogP contribution < -0.4 is 10.6 Å². The van der Waals surface area contributed by atoms with E-state index in [4.69, 9.17) is 0 Å². The van der Waals surface area contributed by atoms with Crippen molar-refractivity contribution in [2.24, 2.45) is 5.92 Å². The van der Waals surface area contributed by atoms with Gasteiger partial charge in [0.25, 0.3) is 0 Å². The second-order valence-corrected chi connectivity index (χ2v) is 5.70. The molecular formula is C17H28N2O. The van der Waals surface area contributed by atoms with Crippen LogP contribution in [0.5, 0.6) is 0 Å². The van der Waals surface area contributed by atoms with Crippen LogP contribution in [0.2, 0.25) is 0 Å². The highest BCUT2D eigenvalue weighted by molar-refractivity contribution is 5.76. The Balaban J connectivity index is 2.23. The topological polar surface area (TPSA) is 41.1 Å². The molecular weight excluding hydrogens is 248 g/mol. The molecule has 1 atom stereocenters. The van der Waals surface area contributed by atoms with Crippen LogP contribution in [0, 0.1) is 5.92 Å². The van der Waals surface area contributed by atoms with Gasteiger partial charge < -0.3 is 10.6 Å². The molecule has 0 saturated carbocycles. The lowest BCUT2D eigenvalue weighted by Crippen LogP contribution is -2.35. The number of benzene rings is 1. The molecule has 0 bridgehead atoms. The van der Waals surface area contributed by atoms with Crippen LogP contribution >= 0.6 is 0 Å². The first kappa shape index (κ1) is 16.7. The van der Waals surface area contributed by atoms with E-state index in [9.17, 15) is 4.79 Å². The van der Waals surface area contributed by atoms with Gasteiger partial charge in [0.15, 0.2) is 0 Å². The molecule has 0 spiro atoms. The molecule has 0 heterocycles. The predicted molar refractivity (Wildman–Crippen MR) is 84.7 cm³/mol. The van der Waals surface area contributed by atoms with Gasteiger partial charge in [0.2, 0.25) is 5.91 Å². The minimum Gasteiger partial charge on any atom is -0.356 e. The molecule has 0 aromatic heterocycles. The summed E-state index contributed by atoms with van der Waals surface area (Å²) in [5.74, 6) is 0.647. The van der Waals surface area contributed by atoms with E-state index in [-0.39, 0.29) is 5.91 Å². The third kappa shape index (κ3) is 7.29. The Kier molecular flexibility index (Phi) is 7.97. The molecule has 1 aromatic rings. The van der Waals surface area contributed by atoms with Crippen molar-refractivity contribution in [3.05, 3.63) is 35.9 Å². The summed E-state index contributed by atoms with van der Waals surface area (Å²) in [6.07, 6.45) is 2.64. The van der Waals surface area contributed by atoms with Crippen LogP contribution in [0.1, 0.15) is 39.2 Å². The van der Waals surface area contributed by atoms with Gasteiger partial charge in [0.1, 0.15) is 0 Å². The van der Waals surface area contributed by atoms with Crippen molar-refractivity contribution in [2.45, 2.75) is 46.1 Å². The average Bonchev–Trinajstić information content (AvgIpc) is 2.45. The third-order valence-corrected chi connectivity index (χ3v) is 3.31. The first-order valence-electron chi connectivity index (χ1n) is 7.65. The Morgan fingerprint density at radius 3 is 2.50 bits per heavy atom. The Hall–Kier alpha value is -1.35. The zero-order valence-corrected chi connectivity index (χ0v) is 13.0. The number of nitrogens with one attached hydrogen (secondary N) is 2. The van der Waals surface area contributed by atoms with Crippen molar-refractivity contribution in [3.63, 3.8) is 0 Å². The summed E-state index contributed by atoms with van der Waals surface area (Å²) in [5, 5.41) is 6.42. The number of rotatable bonds is 9. The fraction of sp³-hybridized carbons (Fsp3) is 0.588. The maximum absolute atomic E-state index is 11.6. The zero-order valence-electron chi connectivity index (χ0n) is 13.0. The molecule has 3 heteroatoms. The molecule has 0 fully saturated rings. The van der Waals surface area contributed by atoms with E-state index in [1.807, 2.05) is 6.07 Å². The predicted octanol–water partition coefficient (Wildman–Crippen LogP) is 2.76. The highest BCUT2D eigenvalue weighted by Gasteiger charge is 2.08. The van der Waals surface area contributed by atoms with E-state index >= 15 is 0 Å². The summed E-state index contributed by atoms with van der Waals surface area (Å²) in [5.41, 5.74) is 1.34. The average molecular weight is 276 g/mol. The van der Waals surface area contributed by atoms with E-state index < -0.39 is 0 Å². The molecule has 112 valence electrons. The third-order valence-electron chi connectivity index (χ3n) is 3.31. The number of hydrogen-bond donors (Lipinski definition) is 2. The summed E-state index contributed by atoms with van der Waals surface area (Å²) in [7, 11) is 0. The summed E-state index contributed by atoms with van der Waals surface area (Å²) in [6, 6.07) is 10.9. The number of carbonyl (C=O) groups is 1. The van der Waals surface area contributed by atoms with Crippen molar-refractivity contribution in [1.29, 1.82) is 0 Å². The van der Waals surface area contributed by atoms with Gasteiger partial charge in [-0.05, 0) is 24.3 Å². The molecule has 0 aliphatic heterocycles. The maximum atomic E-state index is 11.6. The molecule has 0 aliphatic rings. The Bertz CT molecular complexity index is 376. The smallest absolute Gasteiger partial charge is 0.221 e. The Labute approximate surface area is 123 Å². The summed E-state index contributed by atoms with van der Waals surface area (Å²) >= 11 is 0. The largest absolute Gasteiger partial charge is 0.356 e. The first-order valence-corrected chi connectivity index (χ1v) is 7.65. The molecule has 1 aromatic carbocycles. The molecule has 3 nitrogen and oxygen atoms in total. The van der Waals surface area contributed by atoms with Gasteiger partial charge in [0, 0.05) is 25.6 Å². The van der Waals surface area contributed by atoms with Gasteiger partial charge in [0.05, 0.1) is 0 Å². The van der Waals surface area contributed by atoms with Gasteiger partial charge in [-0.3, -0.25) is 4.79 Å². The van der Waals surface area contributed by atoms with Crippen molar-refractivity contribution >= 4 is 5.91 Å². The van der Waals surface area contributed by atoms with Gasteiger partial charge in [-0.2, -0.15) is 0 Å². The molecule has 1 amide bonds. The van der Waals surface area contributed by atoms with Crippen molar-refractivity contribution < 1.29 is 4.79 Å². The minimum atomic E-state index is 0.140. The van der Waals surface area contributed by atoms with Crippen LogP contribution in [0.3, 0.4) is 0 Å². The van der Waals surface area contributed by atoms with E-state index in [0.717, 1.165) is 25.9 Å². The number of amides is 1. The van der Waals surface area contributed by atoms with Crippen LogP contribution in [0.15, 0.2) is 30.3 Å². The van der Waals surface area contributed by atoms with Crippen LogP contribution in [-0.4, -0.2) is 25.0 Å². The Morgan fingerprint density at radius 2 is 1.90 bits per heavy atom. The molecule has 20 heavy (non-hydrogen) atoms. The van der Waals surface area contributed by atoms with Crippen LogP contribution in [0.25, 0.3) is 0 Å². The molecule has 1 rings (SSSR count). The summed E-state index contributed by atoms with van der Waals surface area (Å²) < 4.78 is 0. The van der Waals surface area contributed by atoms with Gasteiger partial charge in [-0.25, -0.2) is 0 Å². The van der Waals surface area contributed by atoms with Crippen LogP contribution in [0.4, 0.5) is 0 Å². The summed E-state index contributed by atoms with van der Waals surface area (Å²) in [4.78, 5) is 11.6. The van der Waals surface area contributed by atoms with Gasteiger partial charge >= 0.3 is 0 Å². The van der Waals surface area contributed by atoms with Gasteiger partial charge in [-0.15, -0.1) is 0 Å². The first-order chi connectivity index (χ1) is 9.61. The molecule has 0 radical (unpaired) electrons.